The van der Waals surface area contributed by atoms with Gasteiger partial charge in [0.05, 0.1) is 5.69 Å². The van der Waals surface area contributed by atoms with Gasteiger partial charge in [-0.25, -0.2) is 4.79 Å². The summed E-state index contributed by atoms with van der Waals surface area (Å²) in [6.07, 6.45) is 2.41. The summed E-state index contributed by atoms with van der Waals surface area (Å²) in [7, 11) is 0. The molecule has 1 aromatic rings. The molecule has 0 aromatic heterocycles. The van der Waals surface area contributed by atoms with Crippen LogP contribution in [0.25, 0.3) is 0 Å². The molecule has 3 aliphatic rings. The van der Waals surface area contributed by atoms with Gasteiger partial charge in [0.1, 0.15) is 11.8 Å². The Hall–Kier alpha value is -2.57. The van der Waals surface area contributed by atoms with Crippen molar-refractivity contribution >= 4 is 23.5 Å². The van der Waals surface area contributed by atoms with Gasteiger partial charge in [0.2, 0.25) is 5.91 Å². The van der Waals surface area contributed by atoms with Crippen molar-refractivity contribution in [3.05, 3.63) is 24.3 Å². The van der Waals surface area contributed by atoms with E-state index in [0.717, 1.165) is 19.3 Å². The number of carboxylic acids is 1. The number of fused-ring (bicyclic) bond motifs is 2. The van der Waals surface area contributed by atoms with Crippen LogP contribution in [0, 0.1) is 11.8 Å². The lowest BCUT2D eigenvalue weighted by atomic mass is 9.94. The molecule has 1 aromatic carbocycles. The van der Waals surface area contributed by atoms with Crippen molar-refractivity contribution in [3.63, 3.8) is 0 Å². The van der Waals surface area contributed by atoms with Gasteiger partial charge in [0.15, 0.2) is 6.10 Å². The van der Waals surface area contributed by atoms with Crippen LogP contribution in [0.2, 0.25) is 0 Å². The summed E-state index contributed by atoms with van der Waals surface area (Å²) in [5.74, 6) is -0.316. The lowest BCUT2D eigenvalue weighted by Crippen LogP contribution is -2.47. The Morgan fingerprint density at radius 2 is 2.04 bits per heavy atom. The highest BCUT2D eigenvalue weighted by Crippen LogP contribution is 2.42. The normalized spacial score (nSPS) is 29.3. The third-order valence-electron chi connectivity index (χ3n) is 6.09. The van der Waals surface area contributed by atoms with Crippen LogP contribution in [0.4, 0.5) is 5.69 Å². The molecular formula is C20H24N2O5. The Morgan fingerprint density at radius 3 is 2.81 bits per heavy atom. The zero-order valence-electron chi connectivity index (χ0n) is 15.3. The van der Waals surface area contributed by atoms with Gasteiger partial charge in [-0.1, -0.05) is 18.6 Å². The Labute approximate surface area is 157 Å². The number of carboxylic acid groups (broad SMARTS) is 1. The fraction of sp³-hybridized carbons (Fsp3) is 0.550. The highest BCUT2D eigenvalue weighted by molar-refractivity contribution is 6.00. The second kappa shape index (κ2) is 6.87. The number of aliphatic carboxylic acids is 1. The Bertz CT molecular complexity index is 779. The van der Waals surface area contributed by atoms with E-state index in [1.54, 1.807) is 24.0 Å². The molecule has 1 aliphatic carbocycles. The number of hydrogen-bond donors (Lipinski definition) is 1. The summed E-state index contributed by atoms with van der Waals surface area (Å²) in [6.45, 7) is 2.43. The monoisotopic (exact) mass is 372 g/mol. The highest BCUT2D eigenvalue weighted by atomic mass is 16.5. The van der Waals surface area contributed by atoms with E-state index in [0.29, 0.717) is 23.9 Å². The van der Waals surface area contributed by atoms with Crippen LogP contribution in [-0.4, -0.2) is 53.0 Å². The molecule has 0 spiro atoms. The van der Waals surface area contributed by atoms with E-state index in [1.807, 2.05) is 12.1 Å². The molecule has 2 amide bonds. The first-order valence-corrected chi connectivity index (χ1v) is 9.56. The summed E-state index contributed by atoms with van der Waals surface area (Å²) in [5.41, 5.74) is 0.654. The molecule has 4 rings (SSSR count). The highest BCUT2D eigenvalue weighted by Gasteiger charge is 2.49. The van der Waals surface area contributed by atoms with Crippen LogP contribution in [0.15, 0.2) is 24.3 Å². The second-order valence-corrected chi connectivity index (χ2v) is 7.65. The Kier molecular flexibility index (Phi) is 4.53. The van der Waals surface area contributed by atoms with Crippen molar-refractivity contribution in [2.45, 2.75) is 44.8 Å². The number of benzene rings is 1. The van der Waals surface area contributed by atoms with Crippen LogP contribution < -0.4 is 9.64 Å². The van der Waals surface area contributed by atoms with E-state index < -0.39 is 18.1 Å². The van der Waals surface area contributed by atoms with Crippen molar-refractivity contribution in [1.29, 1.82) is 0 Å². The number of para-hydroxylation sites is 2. The van der Waals surface area contributed by atoms with Gasteiger partial charge in [0.25, 0.3) is 5.91 Å². The zero-order valence-corrected chi connectivity index (χ0v) is 15.3. The molecule has 4 unspecified atom stereocenters. The molecule has 1 saturated carbocycles. The quantitative estimate of drug-likeness (QED) is 0.872. The molecule has 0 radical (unpaired) electrons. The average Bonchev–Trinajstić information content (AvgIpc) is 3.22. The predicted molar refractivity (Wildman–Crippen MR) is 97.5 cm³/mol. The van der Waals surface area contributed by atoms with Gasteiger partial charge in [-0.05, 0) is 43.7 Å². The van der Waals surface area contributed by atoms with Gasteiger partial charge in [-0.3, -0.25) is 9.59 Å². The summed E-state index contributed by atoms with van der Waals surface area (Å²) in [5, 5.41) is 9.63. The van der Waals surface area contributed by atoms with Crippen LogP contribution in [0.5, 0.6) is 5.75 Å². The lowest BCUT2D eigenvalue weighted by molar-refractivity contribution is -0.149. The lowest BCUT2D eigenvalue weighted by Gasteiger charge is -2.33. The van der Waals surface area contributed by atoms with Gasteiger partial charge < -0.3 is 19.6 Å². The van der Waals surface area contributed by atoms with E-state index >= 15 is 0 Å². The smallest absolute Gasteiger partial charge is 0.326 e. The van der Waals surface area contributed by atoms with Crippen LogP contribution >= 0.6 is 0 Å². The first kappa shape index (κ1) is 17.8. The number of amides is 2. The number of carbonyl (C=O) groups is 3. The van der Waals surface area contributed by atoms with Crippen LogP contribution in [0.1, 0.15) is 32.6 Å². The first-order valence-electron chi connectivity index (χ1n) is 9.56. The number of nitrogens with zero attached hydrogens (tertiary/aromatic N) is 2. The average molecular weight is 372 g/mol. The molecule has 2 aliphatic heterocycles. The van der Waals surface area contributed by atoms with Crippen molar-refractivity contribution in [2.75, 3.05) is 18.0 Å². The molecule has 7 heteroatoms. The van der Waals surface area contributed by atoms with E-state index in [9.17, 15) is 19.5 Å². The van der Waals surface area contributed by atoms with Crippen molar-refractivity contribution in [2.24, 2.45) is 11.8 Å². The van der Waals surface area contributed by atoms with Gasteiger partial charge >= 0.3 is 5.97 Å². The van der Waals surface area contributed by atoms with E-state index in [2.05, 4.69) is 0 Å². The zero-order chi connectivity index (χ0) is 19.1. The van der Waals surface area contributed by atoms with Crippen molar-refractivity contribution in [1.82, 2.24) is 4.90 Å². The Balaban J connectivity index is 1.48. The van der Waals surface area contributed by atoms with Crippen LogP contribution in [-0.2, 0) is 14.4 Å². The molecule has 2 fully saturated rings. The summed E-state index contributed by atoms with van der Waals surface area (Å²) >= 11 is 0. The number of carbonyl (C=O) groups excluding carboxylic acids is 2. The van der Waals surface area contributed by atoms with E-state index in [-0.39, 0.29) is 30.7 Å². The van der Waals surface area contributed by atoms with Gasteiger partial charge in [0, 0.05) is 19.5 Å². The molecule has 7 nitrogen and oxygen atoms in total. The fourth-order valence-electron chi connectivity index (χ4n) is 4.82. The molecule has 1 saturated heterocycles. The van der Waals surface area contributed by atoms with Crippen molar-refractivity contribution < 1.29 is 24.2 Å². The van der Waals surface area contributed by atoms with E-state index in [1.165, 1.54) is 4.90 Å². The maximum Gasteiger partial charge on any atom is 0.326 e. The topological polar surface area (TPSA) is 87.2 Å². The molecule has 144 valence electrons. The predicted octanol–water partition coefficient (Wildman–Crippen LogP) is 1.90. The van der Waals surface area contributed by atoms with Crippen LogP contribution in [0.3, 0.4) is 0 Å². The molecule has 4 atom stereocenters. The number of hydrogen-bond acceptors (Lipinski definition) is 4. The Morgan fingerprint density at radius 1 is 1.26 bits per heavy atom. The molecule has 1 N–H and O–H groups in total. The maximum atomic E-state index is 12.8. The number of rotatable bonds is 4. The summed E-state index contributed by atoms with van der Waals surface area (Å²) < 4.78 is 5.62. The minimum Gasteiger partial charge on any atom is -0.480 e. The van der Waals surface area contributed by atoms with Crippen molar-refractivity contribution in [3.8, 4) is 5.75 Å². The fourth-order valence-corrected chi connectivity index (χ4v) is 4.82. The first-order chi connectivity index (χ1) is 13.0. The largest absolute Gasteiger partial charge is 0.480 e. The minimum absolute atomic E-state index is 0.0669. The van der Waals surface area contributed by atoms with Gasteiger partial charge in [-0.2, -0.15) is 0 Å². The number of likely N-dealkylation sites (tertiary alicyclic amines) is 1. The summed E-state index contributed by atoms with van der Waals surface area (Å²) in [6, 6.07) is 6.53. The molecule has 0 bridgehead atoms. The standard InChI is InChI=1S/C20H24N2O5/c1-12-19(24)21(15-7-2-3-8-16(15)27-12)10-9-17(23)22-11-13-5-4-6-14(13)18(22)20(25)26/h2-3,7-8,12-14,18H,4-6,9-11H2,1H3,(H,25,26). The number of ether oxygens (including phenoxy) is 1. The third-order valence-corrected chi connectivity index (χ3v) is 6.09. The second-order valence-electron chi connectivity index (χ2n) is 7.65. The molecule has 2 heterocycles. The maximum absolute atomic E-state index is 12.8. The van der Waals surface area contributed by atoms with E-state index in [4.69, 9.17) is 4.74 Å². The minimum atomic E-state index is -0.917. The third kappa shape index (κ3) is 3.05. The SMILES string of the molecule is CC1Oc2ccccc2N(CCC(=O)N2CC3CCCC3C2C(=O)O)C1=O. The molecular weight excluding hydrogens is 348 g/mol. The molecule has 27 heavy (non-hydrogen) atoms. The number of anilines is 1. The summed E-state index contributed by atoms with van der Waals surface area (Å²) in [4.78, 5) is 40.2. The van der Waals surface area contributed by atoms with Gasteiger partial charge in [-0.15, -0.1) is 0 Å².